The highest BCUT2D eigenvalue weighted by Gasteiger charge is 2.08. The van der Waals surface area contributed by atoms with Gasteiger partial charge in [-0.2, -0.15) is 0 Å². The van der Waals surface area contributed by atoms with Crippen LogP contribution in [0.15, 0.2) is 35.9 Å². The predicted octanol–water partition coefficient (Wildman–Crippen LogP) is 3.62. The summed E-state index contributed by atoms with van der Waals surface area (Å²) in [5.74, 6) is 0.980. The Kier molecular flexibility index (Phi) is 7.09. The Bertz CT molecular complexity index is 530. The molecule has 0 bridgehead atoms. The third-order valence-corrected chi connectivity index (χ3v) is 2.94. The summed E-state index contributed by atoms with van der Waals surface area (Å²) in [6.45, 7) is 4.15. The first-order valence-corrected chi connectivity index (χ1v) is 6.87. The lowest BCUT2D eigenvalue weighted by Gasteiger charge is -2.10. The van der Waals surface area contributed by atoms with Crippen LogP contribution in [0.1, 0.15) is 25.8 Å². The third kappa shape index (κ3) is 4.99. The van der Waals surface area contributed by atoms with E-state index in [1.54, 1.807) is 13.2 Å². The van der Waals surface area contributed by atoms with Gasteiger partial charge in [0.15, 0.2) is 11.5 Å². The van der Waals surface area contributed by atoms with Crippen molar-refractivity contribution in [3.8, 4) is 11.5 Å². The van der Waals surface area contributed by atoms with E-state index in [1.165, 1.54) is 7.11 Å². The quantitative estimate of drug-likeness (QED) is 0.568. The van der Waals surface area contributed by atoms with Gasteiger partial charge in [0.1, 0.15) is 6.61 Å². The van der Waals surface area contributed by atoms with Crippen molar-refractivity contribution in [1.29, 1.82) is 0 Å². The summed E-state index contributed by atoms with van der Waals surface area (Å²) in [5, 5.41) is 0. The molecule has 0 saturated carbocycles. The van der Waals surface area contributed by atoms with Crippen molar-refractivity contribution < 1.29 is 19.0 Å². The van der Waals surface area contributed by atoms with Gasteiger partial charge in [-0.25, -0.2) is 4.79 Å². The topological polar surface area (TPSA) is 44.8 Å². The van der Waals surface area contributed by atoms with Crippen molar-refractivity contribution in [2.24, 2.45) is 0 Å². The lowest BCUT2D eigenvalue weighted by Crippen LogP contribution is -2.06. The molecule has 4 nitrogen and oxygen atoms in total. The normalized spacial score (nSPS) is 11.5. The van der Waals surface area contributed by atoms with E-state index in [2.05, 4.69) is 0 Å². The Morgan fingerprint density at radius 2 is 2.00 bits per heavy atom. The average molecular weight is 290 g/mol. The van der Waals surface area contributed by atoms with E-state index in [0.29, 0.717) is 23.5 Å². The van der Waals surface area contributed by atoms with E-state index in [0.717, 1.165) is 5.56 Å². The van der Waals surface area contributed by atoms with Crippen LogP contribution in [0.4, 0.5) is 0 Å². The molecule has 0 atom stereocenters. The number of benzene rings is 1. The maximum absolute atomic E-state index is 11.4. The van der Waals surface area contributed by atoms with Crippen LogP contribution in [0.25, 0.3) is 6.08 Å². The van der Waals surface area contributed by atoms with E-state index in [-0.39, 0.29) is 12.6 Å². The second-order valence-corrected chi connectivity index (χ2v) is 4.30. The number of hydrogen-bond donors (Lipinski definition) is 0. The molecule has 0 amide bonds. The molecule has 1 aromatic rings. The summed E-state index contributed by atoms with van der Waals surface area (Å²) in [5.41, 5.74) is 1.64. The molecule has 0 spiro atoms. The summed E-state index contributed by atoms with van der Waals surface area (Å²) in [6, 6.07) is 5.70. The Balaban J connectivity index is 2.79. The standard InChI is InChI=1S/C17H22O4/c1-5-7-13-8-9-15(16(12-13)19-3)21-11-10-14(6-2)17(18)20-4/h5,7-10,12H,6,11H2,1-4H3. The molecule has 1 rings (SSSR count). The van der Waals surface area contributed by atoms with Crippen LogP contribution in [-0.2, 0) is 9.53 Å². The van der Waals surface area contributed by atoms with Gasteiger partial charge in [-0.3, -0.25) is 0 Å². The van der Waals surface area contributed by atoms with Crippen molar-refractivity contribution in [3.05, 3.63) is 41.5 Å². The third-order valence-electron chi connectivity index (χ3n) is 2.94. The molecule has 4 heteroatoms. The van der Waals surface area contributed by atoms with Crippen LogP contribution >= 0.6 is 0 Å². The van der Waals surface area contributed by atoms with Crippen molar-refractivity contribution >= 4 is 12.0 Å². The van der Waals surface area contributed by atoms with E-state index in [1.807, 2.05) is 44.2 Å². The zero-order valence-electron chi connectivity index (χ0n) is 13.0. The van der Waals surface area contributed by atoms with Crippen molar-refractivity contribution in [1.82, 2.24) is 0 Å². The maximum atomic E-state index is 11.4. The summed E-state index contributed by atoms with van der Waals surface area (Å²) in [6.07, 6.45) is 6.28. The highest BCUT2D eigenvalue weighted by atomic mass is 16.5. The number of carbonyl (C=O) groups excluding carboxylic acids is 1. The zero-order valence-corrected chi connectivity index (χ0v) is 13.0. The molecule has 0 aliphatic heterocycles. The molecule has 0 aliphatic rings. The van der Waals surface area contributed by atoms with Crippen molar-refractivity contribution in [3.63, 3.8) is 0 Å². The SMILES string of the molecule is CC=Cc1ccc(OCC=C(CC)C(=O)OC)c(OC)c1. The van der Waals surface area contributed by atoms with E-state index in [4.69, 9.17) is 14.2 Å². The molecule has 0 aromatic heterocycles. The summed E-state index contributed by atoms with van der Waals surface area (Å²) in [4.78, 5) is 11.4. The van der Waals surface area contributed by atoms with E-state index in [9.17, 15) is 4.79 Å². The number of hydrogen-bond acceptors (Lipinski definition) is 4. The van der Waals surface area contributed by atoms with Gasteiger partial charge in [-0.1, -0.05) is 25.1 Å². The average Bonchev–Trinajstić information content (AvgIpc) is 2.52. The highest BCUT2D eigenvalue weighted by Crippen LogP contribution is 2.28. The highest BCUT2D eigenvalue weighted by molar-refractivity contribution is 5.88. The molecule has 0 N–H and O–H groups in total. The fraction of sp³-hybridized carbons (Fsp3) is 0.353. The lowest BCUT2D eigenvalue weighted by molar-refractivity contribution is -0.136. The fourth-order valence-electron chi connectivity index (χ4n) is 1.83. The van der Waals surface area contributed by atoms with Crippen LogP contribution in [0.3, 0.4) is 0 Å². The maximum Gasteiger partial charge on any atom is 0.333 e. The van der Waals surface area contributed by atoms with Crippen molar-refractivity contribution in [2.45, 2.75) is 20.3 Å². The number of methoxy groups -OCH3 is 2. The van der Waals surface area contributed by atoms with Gasteiger partial charge in [-0.15, -0.1) is 0 Å². The minimum Gasteiger partial charge on any atom is -0.493 e. The molecular weight excluding hydrogens is 268 g/mol. The second-order valence-electron chi connectivity index (χ2n) is 4.30. The molecule has 0 saturated heterocycles. The van der Waals surface area contributed by atoms with Gasteiger partial charge in [-0.05, 0) is 37.1 Å². The monoisotopic (exact) mass is 290 g/mol. The largest absolute Gasteiger partial charge is 0.493 e. The van der Waals surface area contributed by atoms with Crippen LogP contribution < -0.4 is 9.47 Å². The molecule has 0 aliphatic carbocycles. The van der Waals surface area contributed by atoms with Gasteiger partial charge >= 0.3 is 5.97 Å². The van der Waals surface area contributed by atoms with Crippen molar-refractivity contribution in [2.75, 3.05) is 20.8 Å². The number of esters is 1. The van der Waals surface area contributed by atoms with Crippen LogP contribution in [-0.4, -0.2) is 26.8 Å². The van der Waals surface area contributed by atoms with Gasteiger partial charge in [0.25, 0.3) is 0 Å². The minimum absolute atomic E-state index is 0.289. The Morgan fingerprint density at radius 3 is 2.57 bits per heavy atom. The first-order valence-electron chi connectivity index (χ1n) is 6.87. The number of allylic oxidation sites excluding steroid dienone is 1. The predicted molar refractivity (Wildman–Crippen MR) is 83.6 cm³/mol. The van der Waals surface area contributed by atoms with Gasteiger partial charge in [0, 0.05) is 5.57 Å². The Labute approximate surface area is 126 Å². The Hall–Kier alpha value is -2.23. The first kappa shape index (κ1) is 16.8. The molecule has 21 heavy (non-hydrogen) atoms. The summed E-state index contributed by atoms with van der Waals surface area (Å²) >= 11 is 0. The zero-order chi connectivity index (χ0) is 15.7. The molecular formula is C17H22O4. The summed E-state index contributed by atoms with van der Waals surface area (Å²) in [7, 11) is 2.97. The summed E-state index contributed by atoms with van der Waals surface area (Å²) < 4.78 is 15.7. The van der Waals surface area contributed by atoms with Gasteiger partial charge in [0.05, 0.1) is 14.2 Å². The minimum atomic E-state index is -0.323. The lowest BCUT2D eigenvalue weighted by atomic mass is 10.2. The molecule has 0 fully saturated rings. The van der Waals surface area contributed by atoms with Crippen LogP contribution in [0, 0.1) is 0 Å². The molecule has 1 aromatic carbocycles. The molecule has 0 radical (unpaired) electrons. The number of carbonyl (C=O) groups is 1. The molecule has 114 valence electrons. The van der Waals surface area contributed by atoms with Crippen LogP contribution in [0.5, 0.6) is 11.5 Å². The van der Waals surface area contributed by atoms with Gasteiger partial charge in [0.2, 0.25) is 0 Å². The fourth-order valence-corrected chi connectivity index (χ4v) is 1.83. The van der Waals surface area contributed by atoms with Crippen LogP contribution in [0.2, 0.25) is 0 Å². The molecule has 0 heterocycles. The smallest absolute Gasteiger partial charge is 0.333 e. The second kappa shape index (κ2) is 8.84. The Morgan fingerprint density at radius 1 is 1.24 bits per heavy atom. The first-order chi connectivity index (χ1) is 10.2. The van der Waals surface area contributed by atoms with E-state index >= 15 is 0 Å². The van der Waals surface area contributed by atoms with E-state index < -0.39 is 0 Å². The number of ether oxygens (including phenoxy) is 3. The number of rotatable bonds is 7. The molecule has 0 unspecified atom stereocenters. The van der Waals surface area contributed by atoms with Gasteiger partial charge < -0.3 is 14.2 Å².